The maximum atomic E-state index is 12.5. The van der Waals surface area contributed by atoms with Crippen molar-refractivity contribution in [3.63, 3.8) is 0 Å². The molecule has 0 aliphatic carbocycles. The molecule has 0 saturated carbocycles. The third-order valence-corrected chi connectivity index (χ3v) is 1.73. The van der Waals surface area contributed by atoms with Crippen LogP contribution >= 0.6 is 15.9 Å². The first-order chi connectivity index (χ1) is 5.52. The Bertz CT molecular complexity index is 349. The maximum absolute atomic E-state index is 12.5. The zero-order valence-corrected chi connectivity index (χ0v) is 7.16. The van der Waals surface area contributed by atoms with Gasteiger partial charge in [-0.25, -0.2) is 8.78 Å². The lowest BCUT2D eigenvalue weighted by atomic mass is 10.3. The van der Waals surface area contributed by atoms with E-state index in [-0.39, 0.29) is 4.60 Å². The van der Waals surface area contributed by atoms with Gasteiger partial charge in [0.15, 0.2) is 0 Å². The van der Waals surface area contributed by atoms with Crippen molar-refractivity contribution in [1.29, 1.82) is 0 Å². The lowest BCUT2D eigenvalue weighted by Crippen LogP contribution is -2.09. The van der Waals surface area contributed by atoms with Gasteiger partial charge in [-0.05, 0) is 15.9 Å². The molecule has 1 aromatic rings. The molecule has 1 rings (SSSR count). The van der Waals surface area contributed by atoms with E-state index in [4.69, 9.17) is 0 Å². The molecule has 0 aromatic carbocycles. The van der Waals surface area contributed by atoms with Crippen molar-refractivity contribution in [2.24, 2.45) is 0 Å². The Hall–Kier alpha value is -0.780. The van der Waals surface area contributed by atoms with Crippen molar-refractivity contribution in [3.05, 3.63) is 32.4 Å². The van der Waals surface area contributed by atoms with Gasteiger partial charge in [-0.2, -0.15) is 4.39 Å². The summed E-state index contributed by atoms with van der Waals surface area (Å²) in [7, 11) is 0. The number of aromatic amines is 1. The number of nitrogens with one attached hydrogen (secondary N) is 1. The van der Waals surface area contributed by atoms with E-state index in [2.05, 4.69) is 15.9 Å². The molecule has 12 heavy (non-hydrogen) atoms. The number of hydrogen-bond donors (Lipinski definition) is 1. The topological polar surface area (TPSA) is 32.9 Å². The predicted molar refractivity (Wildman–Crippen MR) is 39.7 cm³/mol. The Morgan fingerprint density at radius 1 is 1.50 bits per heavy atom. The van der Waals surface area contributed by atoms with Crippen molar-refractivity contribution >= 4 is 15.9 Å². The highest BCUT2D eigenvalue weighted by Crippen LogP contribution is 2.17. The van der Waals surface area contributed by atoms with E-state index in [0.29, 0.717) is 6.07 Å². The molecule has 0 bridgehead atoms. The number of H-pyrrole nitrogens is 1. The van der Waals surface area contributed by atoms with Gasteiger partial charge in [0.1, 0.15) is 4.60 Å². The minimum atomic E-state index is -2.81. The van der Waals surface area contributed by atoms with Crippen LogP contribution in [-0.4, -0.2) is 4.98 Å². The summed E-state index contributed by atoms with van der Waals surface area (Å²) in [5.41, 5.74) is -1.66. The molecule has 1 heterocycles. The second kappa shape index (κ2) is 3.30. The number of rotatable bonds is 1. The summed E-state index contributed by atoms with van der Waals surface area (Å²) in [6, 6.07) is 0.532. The summed E-state index contributed by atoms with van der Waals surface area (Å²) in [4.78, 5) is 12.6. The highest BCUT2D eigenvalue weighted by Gasteiger charge is 2.12. The highest BCUT2D eigenvalue weighted by atomic mass is 79.9. The molecule has 0 aliphatic heterocycles. The van der Waals surface area contributed by atoms with Crippen LogP contribution in [0, 0.1) is 5.82 Å². The Labute approximate surface area is 73.5 Å². The fourth-order valence-electron chi connectivity index (χ4n) is 0.648. The first-order valence-corrected chi connectivity index (χ1v) is 3.68. The zero-order chi connectivity index (χ0) is 9.30. The Morgan fingerprint density at radius 2 is 2.08 bits per heavy atom. The second-order valence-corrected chi connectivity index (χ2v) is 2.81. The molecule has 0 aliphatic rings. The van der Waals surface area contributed by atoms with Crippen LogP contribution < -0.4 is 5.43 Å². The van der Waals surface area contributed by atoms with E-state index < -0.39 is 23.4 Å². The molecular formula is C6H3BrF3NO. The second-order valence-electron chi connectivity index (χ2n) is 2.02. The van der Waals surface area contributed by atoms with E-state index in [1.807, 2.05) is 4.98 Å². The SMILES string of the molecule is O=c1cc(C(F)F)[nH]c(Br)c1F. The number of hydrogen-bond acceptors (Lipinski definition) is 1. The number of pyridine rings is 1. The number of alkyl halides is 2. The molecular weight excluding hydrogens is 239 g/mol. The molecule has 0 unspecified atom stereocenters. The molecule has 0 atom stereocenters. The van der Waals surface area contributed by atoms with Gasteiger partial charge in [0.25, 0.3) is 6.43 Å². The van der Waals surface area contributed by atoms with Crippen LogP contribution in [0.4, 0.5) is 13.2 Å². The molecule has 0 radical (unpaired) electrons. The van der Waals surface area contributed by atoms with Crippen molar-refractivity contribution in [3.8, 4) is 0 Å². The van der Waals surface area contributed by atoms with Crippen LogP contribution in [0.25, 0.3) is 0 Å². The van der Waals surface area contributed by atoms with Crippen molar-refractivity contribution in [2.45, 2.75) is 6.43 Å². The summed E-state index contributed by atoms with van der Waals surface area (Å²) < 4.78 is 36.1. The molecule has 6 heteroatoms. The van der Waals surface area contributed by atoms with E-state index in [0.717, 1.165) is 0 Å². The fraction of sp³-hybridized carbons (Fsp3) is 0.167. The number of aromatic nitrogens is 1. The highest BCUT2D eigenvalue weighted by molar-refractivity contribution is 9.10. The largest absolute Gasteiger partial charge is 0.346 e. The van der Waals surface area contributed by atoms with Crippen molar-refractivity contribution < 1.29 is 13.2 Å². The first kappa shape index (κ1) is 9.31. The molecule has 0 fully saturated rings. The molecule has 1 N–H and O–H groups in total. The van der Waals surface area contributed by atoms with Gasteiger partial charge in [0.2, 0.25) is 11.2 Å². The summed E-state index contributed by atoms with van der Waals surface area (Å²) in [5.74, 6) is -1.10. The van der Waals surface area contributed by atoms with Gasteiger partial charge in [-0.1, -0.05) is 0 Å². The van der Waals surface area contributed by atoms with Gasteiger partial charge < -0.3 is 4.98 Å². The van der Waals surface area contributed by atoms with E-state index >= 15 is 0 Å². The van der Waals surface area contributed by atoms with Gasteiger partial charge in [0.05, 0.1) is 5.69 Å². The average Bonchev–Trinajstić information content (AvgIpc) is 1.99. The van der Waals surface area contributed by atoms with Crippen LogP contribution in [0.5, 0.6) is 0 Å². The third-order valence-electron chi connectivity index (χ3n) is 1.18. The Kier molecular flexibility index (Phi) is 2.56. The first-order valence-electron chi connectivity index (χ1n) is 2.88. The number of halogens is 4. The van der Waals surface area contributed by atoms with Gasteiger partial charge in [-0.3, -0.25) is 4.79 Å². The smallest absolute Gasteiger partial charge is 0.278 e. The quantitative estimate of drug-likeness (QED) is 0.752. The third kappa shape index (κ3) is 1.69. The molecule has 0 saturated heterocycles. The minimum absolute atomic E-state index is 0.356. The molecule has 2 nitrogen and oxygen atoms in total. The van der Waals surface area contributed by atoms with Crippen LogP contribution in [-0.2, 0) is 0 Å². The molecule has 66 valence electrons. The van der Waals surface area contributed by atoms with E-state index in [1.165, 1.54) is 0 Å². The minimum Gasteiger partial charge on any atom is -0.346 e. The fourth-order valence-corrected chi connectivity index (χ4v) is 1.07. The van der Waals surface area contributed by atoms with Gasteiger partial charge >= 0.3 is 0 Å². The van der Waals surface area contributed by atoms with Crippen molar-refractivity contribution in [2.75, 3.05) is 0 Å². The van der Waals surface area contributed by atoms with Crippen LogP contribution in [0.3, 0.4) is 0 Å². The molecule has 1 aromatic heterocycles. The van der Waals surface area contributed by atoms with E-state index in [1.54, 1.807) is 0 Å². The lowest BCUT2D eigenvalue weighted by molar-refractivity contribution is 0.145. The predicted octanol–water partition coefficient (Wildman–Crippen LogP) is 2.21. The zero-order valence-electron chi connectivity index (χ0n) is 5.57. The monoisotopic (exact) mass is 241 g/mol. The van der Waals surface area contributed by atoms with Crippen LogP contribution in [0.15, 0.2) is 15.5 Å². The average molecular weight is 242 g/mol. The van der Waals surface area contributed by atoms with Gasteiger partial charge in [0, 0.05) is 6.07 Å². The van der Waals surface area contributed by atoms with Crippen LogP contribution in [0.1, 0.15) is 12.1 Å². The standard InChI is InChI=1S/C6H3BrF3NO/c7-5-4(8)3(12)1-2(11-5)6(9)10/h1,6H,(H,11,12). The van der Waals surface area contributed by atoms with E-state index in [9.17, 15) is 18.0 Å². The van der Waals surface area contributed by atoms with Gasteiger partial charge in [-0.15, -0.1) is 0 Å². The summed E-state index contributed by atoms with van der Waals surface area (Å²) in [6.07, 6.45) is -2.81. The molecule has 0 spiro atoms. The summed E-state index contributed by atoms with van der Waals surface area (Å²) in [5, 5.41) is 0. The summed E-state index contributed by atoms with van der Waals surface area (Å²) in [6.45, 7) is 0. The van der Waals surface area contributed by atoms with Crippen molar-refractivity contribution in [1.82, 2.24) is 4.98 Å². The Morgan fingerprint density at radius 3 is 2.50 bits per heavy atom. The summed E-state index contributed by atoms with van der Waals surface area (Å²) >= 11 is 2.60. The lowest BCUT2D eigenvalue weighted by Gasteiger charge is -2.00. The maximum Gasteiger partial charge on any atom is 0.278 e. The van der Waals surface area contributed by atoms with Crippen LogP contribution in [0.2, 0.25) is 0 Å². The Balaban J connectivity index is 3.31. The molecule has 0 amide bonds. The normalized spacial score (nSPS) is 10.8.